The number of rotatable bonds is 6. The van der Waals surface area contributed by atoms with Crippen LogP contribution in [0.1, 0.15) is 20.7 Å². The molecule has 0 spiro atoms. The molecular formula is C18H14N4O4S3. The number of sulfonamides is 1. The Labute approximate surface area is 175 Å². The van der Waals surface area contributed by atoms with Gasteiger partial charge < -0.3 is 0 Å². The lowest BCUT2D eigenvalue weighted by Gasteiger charge is -2.13. The number of anilines is 1. The molecule has 0 aliphatic carbocycles. The SMILES string of the molecule is O=C(Nc1nnc(SCCN2C(=O)c3ccccc3S2(=O)=O)s1)c1ccccc1. The predicted octanol–water partition coefficient (Wildman–Crippen LogP) is 2.73. The summed E-state index contributed by atoms with van der Waals surface area (Å²) in [5, 5.41) is 10.9. The van der Waals surface area contributed by atoms with E-state index in [9.17, 15) is 18.0 Å². The lowest BCUT2D eigenvalue weighted by Crippen LogP contribution is -2.32. The molecule has 11 heteroatoms. The molecule has 0 radical (unpaired) electrons. The lowest BCUT2D eigenvalue weighted by molar-refractivity contribution is 0.0876. The standard InChI is InChI=1S/C18H14N4O4S3/c23-15(12-6-2-1-3-7-12)19-17-20-21-18(28-17)27-11-10-22-16(24)13-8-4-5-9-14(13)29(22,25)26/h1-9H,10-11H2,(H,19,20,23). The molecule has 29 heavy (non-hydrogen) atoms. The van der Waals surface area contributed by atoms with Crippen LogP contribution in [0.25, 0.3) is 0 Å². The molecule has 0 saturated carbocycles. The fourth-order valence-electron chi connectivity index (χ4n) is 2.75. The van der Waals surface area contributed by atoms with Crippen molar-refractivity contribution >= 4 is 50.1 Å². The molecule has 0 unspecified atom stereocenters. The van der Waals surface area contributed by atoms with E-state index in [1.54, 1.807) is 36.4 Å². The Hall–Kier alpha value is -2.76. The third-order valence-electron chi connectivity index (χ3n) is 4.09. The van der Waals surface area contributed by atoms with E-state index in [1.807, 2.05) is 6.07 Å². The van der Waals surface area contributed by atoms with Gasteiger partial charge in [-0.1, -0.05) is 53.4 Å². The topological polar surface area (TPSA) is 109 Å². The number of hydrogen-bond acceptors (Lipinski definition) is 8. The van der Waals surface area contributed by atoms with Crippen molar-refractivity contribution in [1.29, 1.82) is 0 Å². The smallest absolute Gasteiger partial charge is 0.269 e. The summed E-state index contributed by atoms with van der Waals surface area (Å²) in [5.74, 6) is -0.487. The van der Waals surface area contributed by atoms with Crippen molar-refractivity contribution in [3.8, 4) is 0 Å². The van der Waals surface area contributed by atoms with E-state index in [0.29, 0.717) is 20.8 Å². The molecule has 2 amide bonds. The van der Waals surface area contributed by atoms with E-state index >= 15 is 0 Å². The number of aromatic nitrogens is 2. The van der Waals surface area contributed by atoms with Gasteiger partial charge in [0.05, 0.1) is 5.56 Å². The predicted molar refractivity (Wildman–Crippen MR) is 110 cm³/mol. The van der Waals surface area contributed by atoms with Crippen molar-refractivity contribution in [2.75, 3.05) is 17.6 Å². The Balaban J connectivity index is 1.35. The molecule has 1 aliphatic heterocycles. The van der Waals surface area contributed by atoms with E-state index < -0.39 is 15.9 Å². The van der Waals surface area contributed by atoms with Gasteiger partial charge in [-0.25, -0.2) is 12.7 Å². The van der Waals surface area contributed by atoms with Crippen molar-refractivity contribution in [3.63, 3.8) is 0 Å². The summed E-state index contributed by atoms with van der Waals surface area (Å²) in [6.07, 6.45) is 0. The van der Waals surface area contributed by atoms with Gasteiger partial charge in [-0.05, 0) is 24.3 Å². The molecule has 8 nitrogen and oxygen atoms in total. The Morgan fingerprint density at radius 1 is 1.07 bits per heavy atom. The first-order valence-corrected chi connectivity index (χ1v) is 11.7. The van der Waals surface area contributed by atoms with Crippen molar-refractivity contribution in [3.05, 3.63) is 65.7 Å². The van der Waals surface area contributed by atoms with Crippen LogP contribution in [0.3, 0.4) is 0 Å². The largest absolute Gasteiger partial charge is 0.296 e. The van der Waals surface area contributed by atoms with E-state index in [0.717, 1.165) is 4.31 Å². The minimum Gasteiger partial charge on any atom is -0.296 e. The maximum Gasteiger partial charge on any atom is 0.269 e. The first-order chi connectivity index (χ1) is 14.0. The number of fused-ring (bicyclic) bond motifs is 1. The first-order valence-electron chi connectivity index (χ1n) is 8.45. The number of benzene rings is 2. The normalized spacial score (nSPS) is 14.6. The fourth-order valence-corrected chi connectivity index (χ4v) is 6.17. The highest BCUT2D eigenvalue weighted by atomic mass is 32.2. The van der Waals surface area contributed by atoms with E-state index in [2.05, 4.69) is 15.5 Å². The average Bonchev–Trinajstić information content (AvgIpc) is 3.25. The summed E-state index contributed by atoms with van der Waals surface area (Å²) in [5.41, 5.74) is 0.702. The second kappa shape index (κ2) is 7.93. The van der Waals surface area contributed by atoms with Crippen LogP contribution in [0, 0.1) is 0 Å². The second-order valence-corrected chi connectivity index (χ2v) is 10.1. The second-order valence-electron chi connectivity index (χ2n) is 5.92. The summed E-state index contributed by atoms with van der Waals surface area (Å²) in [6, 6.07) is 14.9. The Bertz CT molecular complexity index is 1180. The van der Waals surface area contributed by atoms with Crippen molar-refractivity contribution < 1.29 is 18.0 Å². The quantitative estimate of drug-likeness (QED) is 0.458. The van der Waals surface area contributed by atoms with Crippen molar-refractivity contribution in [2.45, 2.75) is 9.24 Å². The van der Waals surface area contributed by atoms with Crippen molar-refractivity contribution in [1.82, 2.24) is 14.5 Å². The number of carbonyl (C=O) groups is 2. The molecule has 3 aromatic rings. The van der Waals surface area contributed by atoms with Gasteiger partial charge in [0.25, 0.3) is 21.8 Å². The first kappa shape index (κ1) is 19.6. The number of thioether (sulfide) groups is 1. The van der Waals surface area contributed by atoms with Crippen LogP contribution in [0.15, 0.2) is 63.8 Å². The summed E-state index contributed by atoms with van der Waals surface area (Å²) < 4.78 is 26.5. The zero-order valence-corrected chi connectivity index (χ0v) is 17.3. The van der Waals surface area contributed by atoms with Gasteiger partial charge in [-0.15, -0.1) is 10.2 Å². The van der Waals surface area contributed by atoms with Gasteiger partial charge in [0.2, 0.25) is 5.13 Å². The van der Waals surface area contributed by atoms with Gasteiger partial charge in [-0.2, -0.15) is 0 Å². The number of nitrogens with one attached hydrogen (secondary N) is 1. The molecule has 148 valence electrons. The van der Waals surface area contributed by atoms with Crippen LogP contribution in [0.2, 0.25) is 0 Å². The highest BCUT2D eigenvalue weighted by Crippen LogP contribution is 2.31. The van der Waals surface area contributed by atoms with Gasteiger partial charge in [0, 0.05) is 17.9 Å². The molecule has 0 bridgehead atoms. The van der Waals surface area contributed by atoms with Crippen LogP contribution in [0.4, 0.5) is 5.13 Å². The molecule has 2 aromatic carbocycles. The molecule has 1 N–H and O–H groups in total. The molecule has 0 saturated heterocycles. The van der Waals surface area contributed by atoms with E-state index in [4.69, 9.17) is 0 Å². The van der Waals surface area contributed by atoms with Crippen molar-refractivity contribution in [2.24, 2.45) is 0 Å². The minimum absolute atomic E-state index is 0.0196. The molecule has 2 heterocycles. The summed E-state index contributed by atoms with van der Waals surface area (Å²) in [7, 11) is -3.81. The molecule has 1 aliphatic rings. The maximum atomic E-state index is 12.5. The monoisotopic (exact) mass is 446 g/mol. The molecule has 4 rings (SSSR count). The van der Waals surface area contributed by atoms with E-state index in [-0.39, 0.29) is 22.9 Å². The molecule has 0 fully saturated rings. The van der Waals surface area contributed by atoms with Crippen LogP contribution < -0.4 is 5.32 Å². The van der Waals surface area contributed by atoms with Gasteiger partial charge in [0.1, 0.15) is 4.90 Å². The molecule has 1 aromatic heterocycles. The molecule has 0 atom stereocenters. The zero-order chi connectivity index (χ0) is 20.4. The Morgan fingerprint density at radius 2 is 1.79 bits per heavy atom. The number of amides is 2. The van der Waals surface area contributed by atoms with Gasteiger partial charge >= 0.3 is 0 Å². The highest BCUT2D eigenvalue weighted by molar-refractivity contribution is 8.01. The summed E-state index contributed by atoms with van der Waals surface area (Å²) in [4.78, 5) is 24.6. The van der Waals surface area contributed by atoms with E-state index in [1.165, 1.54) is 35.2 Å². The number of hydrogen-bond donors (Lipinski definition) is 1. The molecular weight excluding hydrogens is 432 g/mol. The lowest BCUT2D eigenvalue weighted by atomic mass is 10.2. The van der Waals surface area contributed by atoms with Gasteiger partial charge in [-0.3, -0.25) is 14.9 Å². The van der Waals surface area contributed by atoms with Crippen LogP contribution in [-0.4, -0.2) is 47.0 Å². The number of carbonyl (C=O) groups excluding carboxylic acids is 2. The maximum absolute atomic E-state index is 12.5. The average molecular weight is 447 g/mol. The van der Waals surface area contributed by atoms with Crippen LogP contribution >= 0.6 is 23.1 Å². The van der Waals surface area contributed by atoms with Crippen LogP contribution in [-0.2, 0) is 10.0 Å². The van der Waals surface area contributed by atoms with Crippen LogP contribution in [0.5, 0.6) is 0 Å². The minimum atomic E-state index is -3.81. The third-order valence-corrected chi connectivity index (χ3v) is 7.89. The summed E-state index contributed by atoms with van der Waals surface area (Å²) in [6.45, 7) is 0.0196. The summed E-state index contributed by atoms with van der Waals surface area (Å²) >= 11 is 2.45. The Kier molecular flexibility index (Phi) is 5.35. The Morgan fingerprint density at radius 3 is 2.55 bits per heavy atom. The zero-order valence-electron chi connectivity index (χ0n) is 14.8. The highest BCUT2D eigenvalue weighted by Gasteiger charge is 2.40. The number of nitrogens with zero attached hydrogens (tertiary/aromatic N) is 3. The third kappa shape index (κ3) is 3.88. The fraction of sp³-hybridized carbons (Fsp3) is 0.111. The van der Waals surface area contributed by atoms with Gasteiger partial charge in [0.15, 0.2) is 4.34 Å².